The lowest BCUT2D eigenvalue weighted by molar-refractivity contribution is 0.0512. The quantitative estimate of drug-likeness (QED) is 0.200. The minimum Gasteiger partial charge on any atom is -0.380 e. The van der Waals surface area contributed by atoms with Crippen molar-refractivity contribution in [1.29, 1.82) is 0 Å². The third kappa shape index (κ3) is 8.04. The number of amides is 1. The minimum absolute atomic E-state index is 0.166. The van der Waals surface area contributed by atoms with E-state index in [1.165, 1.54) is 36.0 Å². The molecule has 1 aliphatic heterocycles. The lowest BCUT2D eigenvalue weighted by atomic mass is 9.85. The van der Waals surface area contributed by atoms with Gasteiger partial charge in [0, 0.05) is 53.6 Å². The number of hydrogen-bond acceptors (Lipinski definition) is 4. The van der Waals surface area contributed by atoms with Gasteiger partial charge in [-0.3, -0.25) is 9.69 Å². The zero-order valence-electron chi connectivity index (χ0n) is 28.1. The lowest BCUT2D eigenvalue weighted by Gasteiger charge is -2.42. The smallest absolute Gasteiger partial charge is 0.253 e. The molecule has 1 aromatic rings. The summed E-state index contributed by atoms with van der Waals surface area (Å²) in [4.78, 5) is 17.9. The highest BCUT2D eigenvalue weighted by Gasteiger charge is 2.31. The van der Waals surface area contributed by atoms with Gasteiger partial charge < -0.3 is 15.5 Å². The van der Waals surface area contributed by atoms with E-state index in [1.54, 1.807) is 0 Å². The van der Waals surface area contributed by atoms with Crippen molar-refractivity contribution in [2.45, 2.75) is 111 Å². The molecule has 0 spiro atoms. The molecule has 0 unspecified atom stereocenters. The molecular weight excluding hydrogens is 540 g/mol. The van der Waals surface area contributed by atoms with E-state index in [2.05, 4.69) is 82.0 Å². The first kappa shape index (κ1) is 33.6. The molecule has 1 saturated heterocycles. The molecule has 0 atom stereocenters. The van der Waals surface area contributed by atoms with Crippen LogP contribution in [0.2, 0.25) is 0 Å². The van der Waals surface area contributed by atoms with E-state index in [0.29, 0.717) is 18.1 Å². The fraction of sp³-hybridized carbons (Fsp3) is 0.513. The van der Waals surface area contributed by atoms with Crippen LogP contribution in [0.5, 0.6) is 0 Å². The van der Waals surface area contributed by atoms with Gasteiger partial charge in [0.2, 0.25) is 0 Å². The van der Waals surface area contributed by atoms with Crippen LogP contribution >= 0.6 is 0 Å². The predicted octanol–water partition coefficient (Wildman–Crippen LogP) is 8.35. The van der Waals surface area contributed by atoms with Crippen molar-refractivity contribution < 1.29 is 4.79 Å². The maximum atomic E-state index is 13.1. The van der Waals surface area contributed by atoms with E-state index in [-0.39, 0.29) is 5.91 Å². The molecule has 2 N–H and O–H groups in total. The van der Waals surface area contributed by atoms with E-state index in [4.69, 9.17) is 0 Å². The molecule has 1 aromatic carbocycles. The number of rotatable bonds is 15. The van der Waals surface area contributed by atoms with Gasteiger partial charge in [-0.2, -0.15) is 0 Å². The molecule has 44 heavy (non-hydrogen) atoms. The number of aryl methyl sites for hydroxylation is 1. The summed E-state index contributed by atoms with van der Waals surface area (Å²) in [5, 5.41) is 7.27. The summed E-state index contributed by atoms with van der Waals surface area (Å²) in [6.45, 7) is 26.5. The highest BCUT2D eigenvalue weighted by Crippen LogP contribution is 2.36. The van der Waals surface area contributed by atoms with Gasteiger partial charge >= 0.3 is 0 Å². The van der Waals surface area contributed by atoms with Crippen molar-refractivity contribution in [3.05, 3.63) is 107 Å². The Morgan fingerprint density at radius 1 is 1.05 bits per heavy atom. The molecule has 2 fully saturated rings. The number of carbonyl (C=O) groups is 1. The third-order valence-electron chi connectivity index (χ3n) is 10.0. The number of hydrogen-bond donors (Lipinski definition) is 2. The van der Waals surface area contributed by atoms with Gasteiger partial charge in [-0.15, -0.1) is 0 Å². The van der Waals surface area contributed by atoms with Gasteiger partial charge in [0.15, 0.2) is 0 Å². The molecule has 4 rings (SSSR count). The Balaban J connectivity index is 1.30. The molecule has 5 nitrogen and oxygen atoms in total. The van der Waals surface area contributed by atoms with E-state index >= 15 is 0 Å². The summed E-state index contributed by atoms with van der Waals surface area (Å²) in [6.07, 6.45) is 14.5. The van der Waals surface area contributed by atoms with E-state index < -0.39 is 0 Å². The molecular formula is C39H56N4O. The van der Waals surface area contributed by atoms with E-state index in [0.717, 1.165) is 92.0 Å². The highest BCUT2D eigenvalue weighted by molar-refractivity contribution is 5.94. The topological polar surface area (TPSA) is 47.6 Å². The zero-order valence-corrected chi connectivity index (χ0v) is 28.1. The SMILES string of the molecule is C=C1C(=C)C(NC2CCC2)=C1NC(/C=C(/C)C(=C)CCCN(C(CC)CC)C1CCN(C(=O)c2ccc(C)cc2)CC1)=C/C. The van der Waals surface area contributed by atoms with Crippen molar-refractivity contribution in [3.63, 3.8) is 0 Å². The normalized spacial score (nSPS) is 18.6. The second kappa shape index (κ2) is 15.6. The van der Waals surface area contributed by atoms with Crippen molar-refractivity contribution in [2.24, 2.45) is 0 Å². The van der Waals surface area contributed by atoms with Gasteiger partial charge in [-0.25, -0.2) is 0 Å². The number of piperidine rings is 1. The standard InChI is InChI=1S/C39H56N4O/c1-9-33(40-37-30(7)31(8)38(37)41-34-15-12-16-34)26-29(6)28(5)14-13-23-43(35(10-2)11-3)36-21-24-42(25-22-36)39(44)32-19-17-27(4)18-20-32/h9,17-20,26,34-36,40-41H,5,7-8,10-16,21-25H2,1-4,6H3/b29-26-,33-9+. The molecule has 2 aliphatic carbocycles. The van der Waals surface area contributed by atoms with Crippen LogP contribution in [0.15, 0.2) is 95.5 Å². The fourth-order valence-corrected chi connectivity index (χ4v) is 6.64. The molecule has 238 valence electrons. The Bertz CT molecular complexity index is 1300. The summed E-state index contributed by atoms with van der Waals surface area (Å²) in [5.74, 6) is 0.166. The summed E-state index contributed by atoms with van der Waals surface area (Å²) >= 11 is 0. The first-order valence-electron chi connectivity index (χ1n) is 17.0. The Morgan fingerprint density at radius 2 is 1.68 bits per heavy atom. The maximum absolute atomic E-state index is 13.1. The average molecular weight is 597 g/mol. The number of benzene rings is 1. The summed E-state index contributed by atoms with van der Waals surface area (Å²) in [7, 11) is 0. The van der Waals surface area contributed by atoms with Gasteiger partial charge in [0.1, 0.15) is 0 Å². The van der Waals surface area contributed by atoms with Crippen LogP contribution in [0.3, 0.4) is 0 Å². The average Bonchev–Trinajstić information content (AvgIpc) is 3.02. The molecule has 1 heterocycles. The number of carbonyl (C=O) groups excluding carboxylic acids is 1. The first-order valence-corrected chi connectivity index (χ1v) is 17.0. The van der Waals surface area contributed by atoms with Crippen LogP contribution in [0.25, 0.3) is 0 Å². The monoisotopic (exact) mass is 596 g/mol. The summed E-state index contributed by atoms with van der Waals surface area (Å²) in [6, 6.07) is 9.63. The van der Waals surface area contributed by atoms with Gasteiger partial charge in [-0.05, 0) is 109 Å². The fourth-order valence-electron chi connectivity index (χ4n) is 6.64. The number of nitrogens with zero attached hydrogens (tertiary/aromatic N) is 2. The van der Waals surface area contributed by atoms with Crippen LogP contribution in [-0.2, 0) is 0 Å². The van der Waals surface area contributed by atoms with Crippen LogP contribution in [0.4, 0.5) is 0 Å². The highest BCUT2D eigenvalue weighted by atomic mass is 16.2. The van der Waals surface area contributed by atoms with Gasteiger partial charge in [-0.1, -0.05) is 62.9 Å². The number of nitrogens with one attached hydrogen (secondary N) is 2. The molecule has 3 aliphatic rings. The predicted molar refractivity (Wildman–Crippen MR) is 186 cm³/mol. The largest absolute Gasteiger partial charge is 0.380 e. The maximum Gasteiger partial charge on any atom is 0.253 e. The van der Waals surface area contributed by atoms with Crippen molar-refractivity contribution in [3.8, 4) is 0 Å². The molecule has 1 amide bonds. The van der Waals surface area contributed by atoms with Crippen molar-refractivity contribution in [2.75, 3.05) is 19.6 Å². The van der Waals surface area contributed by atoms with E-state index in [9.17, 15) is 4.79 Å². The first-order chi connectivity index (χ1) is 21.2. The van der Waals surface area contributed by atoms with Crippen molar-refractivity contribution >= 4 is 5.91 Å². The Labute approximate surface area is 267 Å². The van der Waals surface area contributed by atoms with Crippen molar-refractivity contribution in [1.82, 2.24) is 20.4 Å². The molecule has 0 aromatic heterocycles. The molecule has 1 saturated carbocycles. The van der Waals surface area contributed by atoms with Crippen LogP contribution in [0.1, 0.15) is 101 Å². The summed E-state index contributed by atoms with van der Waals surface area (Å²) in [5.41, 5.74) is 9.64. The molecule has 5 heteroatoms. The van der Waals surface area contributed by atoms with Crippen LogP contribution in [-0.4, -0.2) is 53.5 Å². The van der Waals surface area contributed by atoms with Gasteiger partial charge in [0.25, 0.3) is 5.91 Å². The Hall–Kier alpha value is -3.31. The molecule has 0 bridgehead atoms. The lowest BCUT2D eigenvalue weighted by Crippen LogP contribution is -2.50. The molecule has 0 radical (unpaired) electrons. The van der Waals surface area contributed by atoms with E-state index in [1.807, 2.05) is 29.2 Å². The number of allylic oxidation sites excluding steroid dienone is 6. The second-order valence-corrected chi connectivity index (χ2v) is 13.0. The third-order valence-corrected chi connectivity index (χ3v) is 10.0. The second-order valence-electron chi connectivity index (χ2n) is 13.0. The summed E-state index contributed by atoms with van der Waals surface area (Å²) < 4.78 is 0. The number of likely N-dealkylation sites (tertiary alicyclic amines) is 1. The Morgan fingerprint density at radius 3 is 2.25 bits per heavy atom. The van der Waals surface area contributed by atoms with Crippen LogP contribution < -0.4 is 10.6 Å². The zero-order chi connectivity index (χ0) is 31.8. The minimum atomic E-state index is 0.166. The van der Waals surface area contributed by atoms with Gasteiger partial charge in [0.05, 0.1) is 11.4 Å². The Kier molecular flexibility index (Phi) is 11.9. The van der Waals surface area contributed by atoms with Crippen LogP contribution in [0, 0.1) is 6.92 Å².